The van der Waals surface area contributed by atoms with E-state index in [4.69, 9.17) is 0 Å². The molecule has 1 aliphatic carbocycles. The number of hydrogen-bond donors (Lipinski definition) is 1. The molecule has 2 heteroatoms. The van der Waals surface area contributed by atoms with Crippen molar-refractivity contribution in [3.05, 3.63) is 0 Å². The van der Waals surface area contributed by atoms with Crippen molar-refractivity contribution < 1.29 is 4.79 Å². The largest absolute Gasteiger partial charge is 0.351 e. The van der Waals surface area contributed by atoms with Crippen molar-refractivity contribution in [1.29, 1.82) is 0 Å². The zero-order valence-corrected chi connectivity index (χ0v) is 9.03. The molecule has 1 aliphatic heterocycles. The molecule has 0 spiro atoms. The van der Waals surface area contributed by atoms with Crippen LogP contribution in [0.5, 0.6) is 0 Å². The van der Waals surface area contributed by atoms with Crippen LogP contribution in [-0.4, -0.2) is 11.4 Å². The second-order valence-electron chi connectivity index (χ2n) is 5.74. The van der Waals surface area contributed by atoms with Crippen molar-refractivity contribution in [3.8, 4) is 0 Å². The van der Waals surface area contributed by atoms with Crippen LogP contribution in [0, 0.1) is 10.8 Å². The van der Waals surface area contributed by atoms with Gasteiger partial charge in [-0.3, -0.25) is 4.79 Å². The number of rotatable bonds is 1. The summed E-state index contributed by atoms with van der Waals surface area (Å²) in [6.07, 6.45) is 3.26. The first-order valence-electron chi connectivity index (χ1n) is 5.12. The smallest absolute Gasteiger partial charge is 0.221 e. The lowest BCUT2D eigenvalue weighted by Crippen LogP contribution is -2.49. The highest BCUT2D eigenvalue weighted by Gasteiger charge is 2.63. The molecular formula is C11H19NO. The quantitative estimate of drug-likeness (QED) is 0.659. The predicted octanol–water partition coefficient (Wildman–Crippen LogP) is 2.09. The van der Waals surface area contributed by atoms with E-state index in [1.807, 2.05) is 0 Å². The molecule has 0 radical (unpaired) electrons. The first-order valence-corrected chi connectivity index (χ1v) is 5.12. The fraction of sp³-hybridized carbons (Fsp3) is 0.909. The number of hydrogen-bond acceptors (Lipinski definition) is 1. The van der Waals surface area contributed by atoms with Crippen LogP contribution < -0.4 is 5.32 Å². The van der Waals surface area contributed by atoms with Crippen LogP contribution in [0.3, 0.4) is 0 Å². The van der Waals surface area contributed by atoms with Crippen LogP contribution >= 0.6 is 0 Å². The lowest BCUT2D eigenvalue weighted by molar-refractivity contribution is -0.120. The lowest BCUT2D eigenvalue weighted by Gasteiger charge is -2.42. The molecule has 2 fully saturated rings. The maximum atomic E-state index is 11.4. The number of amides is 1. The van der Waals surface area contributed by atoms with Gasteiger partial charge in [0.25, 0.3) is 0 Å². The Hall–Kier alpha value is -0.530. The van der Waals surface area contributed by atoms with E-state index in [-0.39, 0.29) is 16.9 Å². The second kappa shape index (κ2) is 2.10. The van der Waals surface area contributed by atoms with Gasteiger partial charge in [0, 0.05) is 17.4 Å². The zero-order valence-electron chi connectivity index (χ0n) is 9.03. The van der Waals surface area contributed by atoms with E-state index >= 15 is 0 Å². The van der Waals surface area contributed by atoms with Crippen LogP contribution in [0.1, 0.15) is 47.0 Å². The molecule has 1 saturated carbocycles. The normalized spacial score (nSPS) is 40.2. The van der Waals surface area contributed by atoms with Crippen LogP contribution in [0.4, 0.5) is 0 Å². The highest BCUT2D eigenvalue weighted by atomic mass is 16.2. The van der Waals surface area contributed by atoms with Gasteiger partial charge >= 0.3 is 0 Å². The molecule has 2 rings (SSSR count). The summed E-state index contributed by atoms with van der Waals surface area (Å²) in [4.78, 5) is 11.4. The highest BCUT2D eigenvalue weighted by molar-refractivity contribution is 5.81. The molecule has 1 amide bonds. The Balaban J connectivity index is 2.36. The van der Waals surface area contributed by atoms with Gasteiger partial charge in [-0.25, -0.2) is 0 Å². The second-order valence-corrected chi connectivity index (χ2v) is 5.74. The van der Waals surface area contributed by atoms with Crippen molar-refractivity contribution >= 4 is 5.91 Å². The summed E-state index contributed by atoms with van der Waals surface area (Å²) in [5.74, 6) is 0.223. The summed E-state index contributed by atoms with van der Waals surface area (Å²) in [7, 11) is 0. The van der Waals surface area contributed by atoms with Gasteiger partial charge in [0.05, 0.1) is 0 Å². The summed E-state index contributed by atoms with van der Waals surface area (Å²) in [5, 5.41) is 3.09. The van der Waals surface area contributed by atoms with E-state index in [1.165, 1.54) is 12.8 Å². The van der Waals surface area contributed by atoms with E-state index in [2.05, 4.69) is 33.0 Å². The standard InChI is InChI=1S/C11H19NO/c1-9(2)11(4,7-8(13)12-9)10(3)5-6-10/h5-7H2,1-4H3,(H,12,13). The molecular weight excluding hydrogens is 162 g/mol. The molecule has 0 aromatic carbocycles. The van der Waals surface area contributed by atoms with Gasteiger partial charge in [-0.15, -0.1) is 0 Å². The summed E-state index contributed by atoms with van der Waals surface area (Å²) < 4.78 is 0. The number of carbonyl (C=O) groups is 1. The van der Waals surface area contributed by atoms with E-state index in [9.17, 15) is 4.79 Å². The van der Waals surface area contributed by atoms with Crippen molar-refractivity contribution in [1.82, 2.24) is 5.32 Å². The first kappa shape index (κ1) is 9.04. The summed E-state index contributed by atoms with van der Waals surface area (Å²) in [6.45, 7) is 8.88. The Labute approximate surface area is 80.1 Å². The predicted molar refractivity (Wildman–Crippen MR) is 52.3 cm³/mol. The average molecular weight is 181 g/mol. The Kier molecular flexibility index (Phi) is 1.46. The van der Waals surface area contributed by atoms with Gasteiger partial charge in [0.15, 0.2) is 0 Å². The minimum Gasteiger partial charge on any atom is -0.351 e. The fourth-order valence-corrected chi connectivity index (χ4v) is 2.78. The molecule has 74 valence electrons. The number of carbonyl (C=O) groups excluding carboxylic acids is 1. The Morgan fingerprint density at radius 1 is 1.15 bits per heavy atom. The van der Waals surface area contributed by atoms with Gasteiger partial charge in [-0.05, 0) is 32.1 Å². The minimum absolute atomic E-state index is 0.0324. The molecule has 1 heterocycles. The van der Waals surface area contributed by atoms with Crippen molar-refractivity contribution in [2.45, 2.75) is 52.5 Å². The topological polar surface area (TPSA) is 29.1 Å². The Bertz CT molecular complexity index is 265. The Morgan fingerprint density at radius 2 is 1.69 bits per heavy atom. The molecule has 0 bridgehead atoms. The van der Waals surface area contributed by atoms with Crippen LogP contribution in [0.15, 0.2) is 0 Å². The van der Waals surface area contributed by atoms with Crippen molar-refractivity contribution in [3.63, 3.8) is 0 Å². The van der Waals surface area contributed by atoms with Crippen molar-refractivity contribution in [2.24, 2.45) is 10.8 Å². The molecule has 2 aliphatic rings. The first-order chi connectivity index (χ1) is 5.81. The van der Waals surface area contributed by atoms with Crippen LogP contribution in [0.25, 0.3) is 0 Å². The summed E-state index contributed by atoms with van der Waals surface area (Å²) in [5.41, 5.74) is 0.516. The SMILES string of the molecule is CC1(C2(C)CC(=O)NC2(C)C)CC1. The maximum Gasteiger partial charge on any atom is 0.221 e. The molecule has 0 aromatic heterocycles. The molecule has 0 aromatic rings. The fourth-order valence-electron chi connectivity index (χ4n) is 2.78. The lowest BCUT2D eigenvalue weighted by atomic mass is 9.64. The molecule has 13 heavy (non-hydrogen) atoms. The molecule has 1 unspecified atom stereocenters. The van der Waals surface area contributed by atoms with Gasteiger partial charge in [0.1, 0.15) is 0 Å². The third-order valence-corrected chi connectivity index (χ3v) is 4.68. The van der Waals surface area contributed by atoms with Gasteiger partial charge in [-0.1, -0.05) is 13.8 Å². The van der Waals surface area contributed by atoms with Crippen LogP contribution in [-0.2, 0) is 4.79 Å². The highest BCUT2D eigenvalue weighted by Crippen LogP contribution is 2.65. The maximum absolute atomic E-state index is 11.4. The molecule has 1 N–H and O–H groups in total. The summed E-state index contributed by atoms with van der Waals surface area (Å²) >= 11 is 0. The van der Waals surface area contributed by atoms with E-state index < -0.39 is 0 Å². The molecule has 2 nitrogen and oxygen atoms in total. The third kappa shape index (κ3) is 0.976. The van der Waals surface area contributed by atoms with Gasteiger partial charge in [0.2, 0.25) is 5.91 Å². The van der Waals surface area contributed by atoms with Gasteiger partial charge < -0.3 is 5.32 Å². The van der Waals surface area contributed by atoms with Crippen molar-refractivity contribution in [2.75, 3.05) is 0 Å². The monoisotopic (exact) mass is 181 g/mol. The molecule has 1 atom stereocenters. The van der Waals surface area contributed by atoms with E-state index in [0.29, 0.717) is 11.8 Å². The minimum atomic E-state index is -0.0324. The molecule has 1 saturated heterocycles. The third-order valence-electron chi connectivity index (χ3n) is 4.68. The van der Waals surface area contributed by atoms with E-state index in [0.717, 1.165) is 0 Å². The summed E-state index contributed by atoms with van der Waals surface area (Å²) in [6, 6.07) is 0. The van der Waals surface area contributed by atoms with E-state index in [1.54, 1.807) is 0 Å². The zero-order chi connectivity index (χ0) is 9.91. The van der Waals surface area contributed by atoms with Crippen LogP contribution in [0.2, 0.25) is 0 Å². The van der Waals surface area contributed by atoms with Gasteiger partial charge in [-0.2, -0.15) is 0 Å². The average Bonchev–Trinajstić information content (AvgIpc) is 2.62. The number of nitrogens with one attached hydrogen (secondary N) is 1. The Morgan fingerprint density at radius 3 is 2.00 bits per heavy atom.